The normalized spacial score (nSPS) is 20.1. The third-order valence-corrected chi connectivity index (χ3v) is 11.3. The minimum atomic E-state index is -1.76. The molecule has 1 aromatic rings. The molecule has 1 saturated heterocycles. The van der Waals surface area contributed by atoms with Gasteiger partial charge in [0.25, 0.3) is 0 Å². The first kappa shape index (κ1) is 25.2. The molecule has 2 nitrogen and oxygen atoms in total. The van der Waals surface area contributed by atoms with Crippen LogP contribution in [0.3, 0.4) is 0 Å². The van der Waals surface area contributed by atoms with Gasteiger partial charge in [-0.25, -0.2) is 0 Å². The van der Waals surface area contributed by atoms with Gasteiger partial charge in [0.1, 0.15) is 8.07 Å². The molecular formula is C26H43BO2Si. The molecule has 2 rings (SSSR count). The first-order valence-corrected chi connectivity index (χ1v) is 14.8. The molecule has 0 aromatic heterocycles. The Morgan fingerprint density at radius 2 is 1.27 bits per heavy atom. The van der Waals surface area contributed by atoms with Crippen molar-refractivity contribution in [2.24, 2.45) is 0 Å². The van der Waals surface area contributed by atoms with Gasteiger partial charge in [-0.2, -0.15) is 0 Å². The van der Waals surface area contributed by atoms with Crippen molar-refractivity contribution in [1.29, 1.82) is 0 Å². The SMILES string of the molecule is CCC(=C(\CC)[Si](C)(C)c1ccccc1)/C(CC)=C(/CC)B1OC(C)(C)C(C)(C)O1. The van der Waals surface area contributed by atoms with Crippen LogP contribution in [-0.2, 0) is 9.31 Å². The summed E-state index contributed by atoms with van der Waals surface area (Å²) in [7, 11) is -2.02. The average Bonchev–Trinajstić information content (AvgIpc) is 2.91. The lowest BCUT2D eigenvalue weighted by Gasteiger charge is -2.32. The van der Waals surface area contributed by atoms with E-state index in [1.165, 1.54) is 16.2 Å². The lowest BCUT2D eigenvalue weighted by molar-refractivity contribution is 0.00578. The van der Waals surface area contributed by atoms with E-state index in [2.05, 4.69) is 98.8 Å². The zero-order chi connectivity index (χ0) is 22.7. The molecule has 166 valence electrons. The van der Waals surface area contributed by atoms with Gasteiger partial charge in [-0.1, -0.05) is 87.1 Å². The highest BCUT2D eigenvalue weighted by Crippen LogP contribution is 2.41. The van der Waals surface area contributed by atoms with Crippen molar-refractivity contribution in [2.75, 3.05) is 0 Å². The lowest BCUT2D eigenvalue weighted by Crippen LogP contribution is -2.44. The lowest BCUT2D eigenvalue weighted by atomic mass is 9.71. The van der Waals surface area contributed by atoms with Gasteiger partial charge >= 0.3 is 7.12 Å². The zero-order valence-corrected chi connectivity index (χ0v) is 22.1. The topological polar surface area (TPSA) is 18.5 Å². The first-order valence-electron chi connectivity index (χ1n) is 11.8. The summed E-state index contributed by atoms with van der Waals surface area (Å²) in [5.41, 5.74) is 3.73. The fourth-order valence-corrected chi connectivity index (χ4v) is 8.15. The Hall–Kier alpha value is -1.10. The molecule has 1 fully saturated rings. The van der Waals surface area contributed by atoms with E-state index in [-0.39, 0.29) is 18.3 Å². The molecule has 0 saturated carbocycles. The Morgan fingerprint density at radius 1 is 0.767 bits per heavy atom. The summed E-state index contributed by atoms with van der Waals surface area (Å²) in [4.78, 5) is 0. The van der Waals surface area contributed by atoms with E-state index >= 15 is 0 Å². The number of benzene rings is 1. The Labute approximate surface area is 187 Å². The van der Waals surface area contributed by atoms with Crippen molar-refractivity contribution >= 4 is 20.4 Å². The highest BCUT2D eigenvalue weighted by Gasteiger charge is 2.52. The van der Waals surface area contributed by atoms with Crippen molar-refractivity contribution in [2.45, 2.75) is 105 Å². The highest BCUT2D eigenvalue weighted by atomic mass is 28.3. The minimum absolute atomic E-state index is 0.254. The monoisotopic (exact) mass is 426 g/mol. The first-order chi connectivity index (χ1) is 14.0. The zero-order valence-electron chi connectivity index (χ0n) is 21.1. The van der Waals surface area contributed by atoms with Gasteiger partial charge in [0.15, 0.2) is 0 Å². The van der Waals surface area contributed by atoms with E-state index in [0.29, 0.717) is 0 Å². The molecular weight excluding hydrogens is 383 g/mol. The molecule has 0 N–H and O–H groups in total. The summed E-state index contributed by atoms with van der Waals surface area (Å²) in [5.74, 6) is 0. The molecule has 1 aliphatic heterocycles. The minimum Gasteiger partial charge on any atom is -0.400 e. The molecule has 1 aliphatic rings. The van der Waals surface area contributed by atoms with Gasteiger partial charge < -0.3 is 9.31 Å². The van der Waals surface area contributed by atoms with E-state index in [1.807, 2.05) is 0 Å². The fraction of sp³-hybridized carbons (Fsp3) is 0.615. The molecule has 0 radical (unpaired) electrons. The van der Waals surface area contributed by atoms with E-state index in [4.69, 9.17) is 9.31 Å². The van der Waals surface area contributed by atoms with Crippen LogP contribution in [-0.4, -0.2) is 26.4 Å². The third-order valence-electron chi connectivity index (χ3n) is 7.35. The average molecular weight is 427 g/mol. The third kappa shape index (κ3) is 4.71. The number of hydrogen-bond acceptors (Lipinski definition) is 2. The van der Waals surface area contributed by atoms with Gasteiger partial charge in [-0.15, -0.1) is 0 Å². The van der Waals surface area contributed by atoms with Crippen LogP contribution in [0, 0.1) is 0 Å². The Bertz CT molecular complexity index is 775. The molecule has 0 spiro atoms. The predicted molar refractivity (Wildman–Crippen MR) is 135 cm³/mol. The second-order valence-corrected chi connectivity index (χ2v) is 14.4. The van der Waals surface area contributed by atoms with Crippen LogP contribution in [0.5, 0.6) is 0 Å². The molecule has 1 aromatic carbocycles. The summed E-state index contributed by atoms with van der Waals surface area (Å²) in [6, 6.07) is 11.1. The van der Waals surface area contributed by atoms with Gasteiger partial charge in [0.05, 0.1) is 11.2 Å². The predicted octanol–water partition coefficient (Wildman–Crippen LogP) is 7.01. The number of hydrogen-bond donors (Lipinski definition) is 0. The Kier molecular flexibility index (Phi) is 8.04. The highest BCUT2D eigenvalue weighted by molar-refractivity contribution is 6.95. The quantitative estimate of drug-likeness (QED) is 0.329. The molecule has 0 unspecified atom stereocenters. The maximum absolute atomic E-state index is 6.49. The Morgan fingerprint density at radius 3 is 1.67 bits per heavy atom. The van der Waals surface area contributed by atoms with E-state index in [9.17, 15) is 0 Å². The maximum Gasteiger partial charge on any atom is 0.490 e. The van der Waals surface area contributed by atoms with Crippen molar-refractivity contribution in [3.05, 3.63) is 52.1 Å². The van der Waals surface area contributed by atoms with Crippen LogP contribution in [0.4, 0.5) is 0 Å². The van der Waals surface area contributed by atoms with Crippen molar-refractivity contribution in [3.8, 4) is 0 Å². The summed E-state index contributed by atoms with van der Waals surface area (Å²) >= 11 is 0. The largest absolute Gasteiger partial charge is 0.490 e. The molecule has 30 heavy (non-hydrogen) atoms. The van der Waals surface area contributed by atoms with Gasteiger partial charge in [-0.05, 0) is 64.4 Å². The van der Waals surface area contributed by atoms with Crippen LogP contribution in [0.15, 0.2) is 52.1 Å². The molecule has 0 atom stereocenters. The van der Waals surface area contributed by atoms with Crippen LogP contribution in [0.2, 0.25) is 13.1 Å². The number of rotatable bonds is 8. The van der Waals surface area contributed by atoms with Gasteiger partial charge in [0.2, 0.25) is 0 Å². The molecule has 0 amide bonds. The van der Waals surface area contributed by atoms with E-state index < -0.39 is 8.07 Å². The molecule has 0 aliphatic carbocycles. The van der Waals surface area contributed by atoms with Crippen LogP contribution in [0.1, 0.15) is 81.1 Å². The Balaban J connectivity index is 2.66. The molecule has 1 heterocycles. The summed E-state index contributed by atoms with van der Waals surface area (Å²) in [6.07, 6.45) is 4.12. The van der Waals surface area contributed by atoms with Crippen molar-refractivity contribution in [1.82, 2.24) is 0 Å². The van der Waals surface area contributed by atoms with Crippen molar-refractivity contribution < 1.29 is 9.31 Å². The smallest absolute Gasteiger partial charge is 0.400 e. The van der Waals surface area contributed by atoms with Crippen LogP contribution in [0.25, 0.3) is 0 Å². The van der Waals surface area contributed by atoms with Crippen LogP contribution >= 0.6 is 0 Å². The van der Waals surface area contributed by atoms with Crippen molar-refractivity contribution in [3.63, 3.8) is 0 Å². The van der Waals surface area contributed by atoms with E-state index in [1.54, 1.807) is 10.8 Å². The standard InChI is InChI=1S/C26H43BO2Si/c1-11-21(23(13-3)27-28-25(5,6)26(7,8)29-27)22(12-2)24(14-4)30(9,10)20-18-16-15-17-19-20/h15-19H,11-14H2,1-10H3/b23-21-,24-22-. The summed E-state index contributed by atoms with van der Waals surface area (Å²) < 4.78 is 13.0. The summed E-state index contributed by atoms with van der Waals surface area (Å²) in [5, 5.41) is 3.17. The fourth-order valence-electron chi connectivity index (χ4n) is 4.81. The molecule has 0 bridgehead atoms. The molecule has 4 heteroatoms. The number of allylic oxidation sites excluding steroid dienone is 4. The maximum atomic E-state index is 6.49. The summed E-state index contributed by atoms with van der Waals surface area (Å²) in [6.45, 7) is 22.8. The second kappa shape index (κ2) is 9.58. The van der Waals surface area contributed by atoms with E-state index in [0.717, 1.165) is 25.7 Å². The van der Waals surface area contributed by atoms with Gasteiger partial charge in [-0.3, -0.25) is 0 Å². The van der Waals surface area contributed by atoms with Crippen LogP contribution < -0.4 is 5.19 Å². The van der Waals surface area contributed by atoms with Gasteiger partial charge in [0, 0.05) is 0 Å². The second-order valence-electron chi connectivity index (χ2n) is 9.95.